The van der Waals surface area contributed by atoms with Crippen molar-refractivity contribution in [2.75, 3.05) is 37.6 Å². The third-order valence-corrected chi connectivity index (χ3v) is 7.74. The van der Waals surface area contributed by atoms with Crippen LogP contribution >= 0.6 is 0 Å². The molecule has 0 unspecified atom stereocenters. The van der Waals surface area contributed by atoms with Gasteiger partial charge in [-0.25, -0.2) is 9.50 Å². The maximum Gasteiger partial charge on any atom is 0.157 e. The Morgan fingerprint density at radius 3 is 2.44 bits per heavy atom. The van der Waals surface area contributed by atoms with Crippen LogP contribution in [0.3, 0.4) is 0 Å². The number of hydrogen-bond acceptors (Lipinski definition) is 8. The average Bonchev–Trinajstić information content (AvgIpc) is 3.63. The molecule has 4 aromatic heterocycles. The van der Waals surface area contributed by atoms with Crippen molar-refractivity contribution in [2.24, 2.45) is 7.05 Å². The monoisotopic (exact) mass is 546 g/mol. The van der Waals surface area contributed by atoms with Crippen LogP contribution < -0.4 is 4.90 Å². The molecule has 0 spiro atoms. The minimum absolute atomic E-state index is 0.246. The number of aromatic nitrogens is 5. The van der Waals surface area contributed by atoms with Crippen molar-refractivity contribution in [3.05, 3.63) is 90.1 Å². The number of carbonyl (C=O) groups is 1. The van der Waals surface area contributed by atoms with Gasteiger partial charge in [-0.3, -0.25) is 14.4 Å². The van der Waals surface area contributed by atoms with Crippen LogP contribution in [-0.2, 0) is 17.4 Å². The number of fused-ring (bicyclic) bond motifs is 1. The van der Waals surface area contributed by atoms with Crippen LogP contribution in [-0.4, -0.2) is 73.4 Å². The van der Waals surface area contributed by atoms with Crippen LogP contribution in [0.5, 0.6) is 0 Å². The van der Waals surface area contributed by atoms with Gasteiger partial charge < -0.3 is 10.0 Å². The summed E-state index contributed by atoms with van der Waals surface area (Å²) < 4.78 is 3.50. The summed E-state index contributed by atoms with van der Waals surface area (Å²) >= 11 is 0. The van der Waals surface area contributed by atoms with Gasteiger partial charge in [0.2, 0.25) is 0 Å². The average molecular weight is 547 g/mol. The van der Waals surface area contributed by atoms with Crippen LogP contribution in [0.25, 0.3) is 27.8 Å². The Bertz CT molecular complexity index is 1760. The first-order chi connectivity index (χ1) is 19.9. The van der Waals surface area contributed by atoms with E-state index < -0.39 is 5.60 Å². The van der Waals surface area contributed by atoms with Gasteiger partial charge in [-0.15, -0.1) is 0 Å². The second-order valence-corrected chi connectivity index (χ2v) is 10.5. The van der Waals surface area contributed by atoms with Crippen molar-refractivity contribution in [3.8, 4) is 28.3 Å². The molecule has 1 aromatic carbocycles. The van der Waals surface area contributed by atoms with Crippen LogP contribution in [0, 0.1) is 18.3 Å². The zero-order valence-electron chi connectivity index (χ0n) is 23.0. The van der Waals surface area contributed by atoms with Crippen LogP contribution in [0.4, 0.5) is 5.82 Å². The van der Waals surface area contributed by atoms with E-state index in [0.717, 1.165) is 52.2 Å². The maximum absolute atomic E-state index is 11.9. The van der Waals surface area contributed by atoms with E-state index in [1.54, 1.807) is 27.5 Å². The third-order valence-electron chi connectivity index (χ3n) is 7.74. The molecule has 1 aliphatic heterocycles. The van der Waals surface area contributed by atoms with Crippen molar-refractivity contribution in [3.63, 3.8) is 0 Å². The Morgan fingerprint density at radius 2 is 1.78 bits per heavy atom. The lowest BCUT2D eigenvalue weighted by Crippen LogP contribution is -2.52. The lowest BCUT2D eigenvalue weighted by molar-refractivity contribution is -0.127. The first kappa shape index (κ1) is 26.4. The number of hydrogen-bond donors (Lipinski definition) is 1. The molecule has 0 saturated carbocycles. The Hall–Kier alpha value is -4.85. The Labute approximate surface area is 237 Å². The molecule has 206 valence electrons. The maximum atomic E-state index is 11.9. The highest BCUT2D eigenvalue weighted by Crippen LogP contribution is 2.33. The second-order valence-electron chi connectivity index (χ2n) is 10.5. The molecule has 1 atom stereocenters. The molecule has 1 fully saturated rings. The number of β-amino-alcohol motifs (C(OH)–C–C–N with tert-alkyl or cyclic N) is 1. The zero-order valence-corrected chi connectivity index (χ0v) is 23.0. The van der Waals surface area contributed by atoms with E-state index in [0.29, 0.717) is 30.5 Å². The van der Waals surface area contributed by atoms with Gasteiger partial charge >= 0.3 is 0 Å². The molecule has 5 heterocycles. The molecule has 6 rings (SSSR count). The summed E-state index contributed by atoms with van der Waals surface area (Å²) in [5.74, 6) is 0.899. The van der Waals surface area contributed by atoms with Gasteiger partial charge in [-0.05, 0) is 30.2 Å². The van der Waals surface area contributed by atoms with Crippen molar-refractivity contribution < 1.29 is 9.90 Å². The van der Waals surface area contributed by atoms with Gasteiger partial charge in [0.15, 0.2) is 11.9 Å². The molecule has 41 heavy (non-hydrogen) atoms. The number of anilines is 1. The van der Waals surface area contributed by atoms with Crippen LogP contribution in [0.2, 0.25) is 0 Å². The summed E-state index contributed by atoms with van der Waals surface area (Å²) in [5.41, 5.74) is 5.00. The van der Waals surface area contributed by atoms with E-state index in [2.05, 4.69) is 38.2 Å². The highest BCUT2D eigenvalue weighted by molar-refractivity contribution is 5.87. The number of piperazine rings is 1. The molecule has 1 saturated heterocycles. The zero-order chi connectivity index (χ0) is 28.6. The van der Waals surface area contributed by atoms with E-state index in [1.165, 1.54) is 0 Å². The Kier molecular flexibility index (Phi) is 6.83. The highest BCUT2D eigenvalue weighted by Gasteiger charge is 2.33. The summed E-state index contributed by atoms with van der Waals surface area (Å²) in [5, 5.41) is 29.5. The predicted molar refractivity (Wildman–Crippen MR) is 155 cm³/mol. The van der Waals surface area contributed by atoms with E-state index in [1.807, 2.05) is 57.0 Å². The Morgan fingerprint density at radius 1 is 1.00 bits per heavy atom. The number of aryl methyl sites for hydroxylation is 2. The number of pyridine rings is 2. The number of carbonyl (C=O) groups excluding carboxylic acids is 1. The number of nitrogens with zero attached hydrogens (tertiary/aromatic N) is 8. The molecule has 5 aromatic rings. The number of aliphatic hydroxyl groups is 1. The fourth-order valence-electron chi connectivity index (χ4n) is 5.58. The first-order valence-corrected chi connectivity index (χ1v) is 13.5. The van der Waals surface area contributed by atoms with E-state index in [-0.39, 0.29) is 6.54 Å². The fraction of sp³-hybridized carbons (Fsp3) is 0.258. The van der Waals surface area contributed by atoms with Gasteiger partial charge in [0, 0.05) is 80.6 Å². The fourth-order valence-corrected chi connectivity index (χ4v) is 5.58. The van der Waals surface area contributed by atoms with Crippen molar-refractivity contribution in [1.29, 1.82) is 5.26 Å². The number of rotatable bonds is 7. The highest BCUT2D eigenvalue weighted by atomic mass is 16.3. The quantitative estimate of drug-likeness (QED) is 0.310. The molecule has 10 nitrogen and oxygen atoms in total. The molecule has 10 heteroatoms. The molecule has 0 aliphatic carbocycles. The minimum atomic E-state index is -1.54. The summed E-state index contributed by atoms with van der Waals surface area (Å²) in [6.07, 6.45) is 9.74. The molecule has 0 bridgehead atoms. The van der Waals surface area contributed by atoms with Gasteiger partial charge in [-0.1, -0.05) is 30.3 Å². The van der Waals surface area contributed by atoms with Gasteiger partial charge in [-0.2, -0.15) is 15.5 Å². The van der Waals surface area contributed by atoms with Crippen LogP contribution in [0.1, 0.15) is 16.7 Å². The van der Waals surface area contributed by atoms with Gasteiger partial charge in [0.1, 0.15) is 11.9 Å². The SMILES string of the molecule is Cc1cc(-c2cc(-c3cnn(C)c3)cn3ncc(C#N)c23)cnc1N1CCN(C[C@](O)(C=O)c2ccccc2)CC1. The normalized spacial score (nSPS) is 15.5. The number of nitriles is 1. The van der Waals surface area contributed by atoms with Gasteiger partial charge in [0.05, 0.1) is 23.5 Å². The Balaban J connectivity index is 1.24. The van der Waals surface area contributed by atoms with Crippen molar-refractivity contribution in [1.82, 2.24) is 29.3 Å². The summed E-state index contributed by atoms with van der Waals surface area (Å²) in [7, 11) is 1.88. The molecule has 1 aliphatic rings. The van der Waals surface area contributed by atoms with Crippen molar-refractivity contribution in [2.45, 2.75) is 12.5 Å². The first-order valence-electron chi connectivity index (χ1n) is 13.5. The summed E-state index contributed by atoms with van der Waals surface area (Å²) in [4.78, 5) is 21.1. The summed E-state index contributed by atoms with van der Waals surface area (Å²) in [6.45, 7) is 5.12. The van der Waals surface area contributed by atoms with Gasteiger partial charge in [0.25, 0.3) is 0 Å². The standard InChI is InChI=1S/C31H30N8O2/c1-22-12-23(28-13-24(26-17-34-36(2)18-26)19-39-29(28)25(14-32)16-35-39)15-33-30(22)38-10-8-37(9-11-38)20-31(41,21-40)27-6-4-3-5-7-27/h3-7,12-13,15-19,21,41H,8-11,20H2,1-2H3/t31-/m0/s1. The summed E-state index contributed by atoms with van der Waals surface area (Å²) in [6, 6.07) is 15.5. The molecule has 1 N–H and O–H groups in total. The van der Waals surface area contributed by atoms with Crippen molar-refractivity contribution >= 4 is 17.6 Å². The molecule has 0 amide bonds. The lowest BCUT2D eigenvalue weighted by atomic mass is 9.94. The van der Waals surface area contributed by atoms with Crippen LogP contribution in [0.15, 0.2) is 73.4 Å². The smallest absolute Gasteiger partial charge is 0.157 e. The third kappa shape index (κ3) is 4.97. The van der Waals surface area contributed by atoms with E-state index in [9.17, 15) is 15.2 Å². The topological polar surface area (TPSA) is 116 Å². The predicted octanol–water partition coefficient (Wildman–Crippen LogP) is 3.19. The lowest BCUT2D eigenvalue weighted by Gasteiger charge is -2.38. The molecular weight excluding hydrogens is 516 g/mol. The second kappa shape index (κ2) is 10.6. The van der Waals surface area contributed by atoms with E-state index in [4.69, 9.17) is 4.98 Å². The molecular formula is C31H30N8O2. The van der Waals surface area contributed by atoms with E-state index >= 15 is 0 Å². The largest absolute Gasteiger partial charge is 0.376 e. The number of benzene rings is 1. The molecule has 0 radical (unpaired) electrons. The minimum Gasteiger partial charge on any atom is -0.376 e. The number of aldehydes is 1.